The summed E-state index contributed by atoms with van der Waals surface area (Å²) < 4.78 is 5.42. The molecule has 2 amide bonds. The van der Waals surface area contributed by atoms with Gasteiger partial charge in [-0.15, -0.1) is 11.8 Å². The lowest BCUT2D eigenvalue weighted by Crippen LogP contribution is -2.69. The first-order valence-corrected chi connectivity index (χ1v) is 11.4. The molecule has 0 spiro atoms. The minimum atomic E-state index is -0.546. The quantitative estimate of drug-likeness (QED) is 0.655. The first-order chi connectivity index (χ1) is 14.5. The number of halogens is 1. The smallest absolute Gasteiger partial charge is 0.274 e. The van der Waals surface area contributed by atoms with Gasteiger partial charge in [-0.2, -0.15) is 4.98 Å². The van der Waals surface area contributed by atoms with E-state index in [1.54, 1.807) is 22.7 Å². The molecule has 9 heteroatoms. The molecule has 1 fully saturated rings. The summed E-state index contributed by atoms with van der Waals surface area (Å²) in [6.45, 7) is 4.01. The van der Waals surface area contributed by atoms with E-state index in [-0.39, 0.29) is 23.6 Å². The lowest BCUT2D eigenvalue weighted by molar-refractivity contribution is -0.144. The van der Waals surface area contributed by atoms with E-state index in [4.69, 9.17) is 16.1 Å². The fourth-order valence-corrected chi connectivity index (χ4v) is 5.17. The van der Waals surface area contributed by atoms with E-state index in [1.165, 1.54) is 0 Å². The van der Waals surface area contributed by atoms with Crippen LogP contribution in [-0.2, 0) is 22.4 Å². The van der Waals surface area contributed by atoms with Crippen LogP contribution in [0.4, 0.5) is 0 Å². The van der Waals surface area contributed by atoms with Crippen LogP contribution in [0.1, 0.15) is 44.0 Å². The number of benzene rings is 1. The number of hydrogen-bond acceptors (Lipinski definition) is 6. The van der Waals surface area contributed by atoms with Crippen LogP contribution in [0.2, 0.25) is 5.02 Å². The van der Waals surface area contributed by atoms with Crippen LogP contribution in [0.15, 0.2) is 34.4 Å². The van der Waals surface area contributed by atoms with E-state index in [0.717, 1.165) is 29.7 Å². The summed E-state index contributed by atoms with van der Waals surface area (Å²) in [5.74, 6) is 1.44. The van der Waals surface area contributed by atoms with Crippen LogP contribution in [0, 0.1) is 0 Å². The second-order valence-electron chi connectivity index (χ2n) is 7.44. The Bertz CT molecular complexity index is 1010. The summed E-state index contributed by atoms with van der Waals surface area (Å²) in [7, 11) is 0. The zero-order chi connectivity index (χ0) is 21.3. The van der Waals surface area contributed by atoms with Crippen LogP contribution in [0.3, 0.4) is 0 Å². The fourth-order valence-electron chi connectivity index (χ4n) is 3.65. The van der Waals surface area contributed by atoms with Gasteiger partial charge in [0.25, 0.3) is 11.8 Å². The Hall–Kier alpha value is -2.32. The maximum Gasteiger partial charge on any atom is 0.274 e. The number of amides is 2. The summed E-state index contributed by atoms with van der Waals surface area (Å²) in [6.07, 6.45) is 2.45. The van der Waals surface area contributed by atoms with Crippen molar-refractivity contribution in [1.82, 2.24) is 20.4 Å². The molecule has 158 valence electrons. The summed E-state index contributed by atoms with van der Waals surface area (Å²) >= 11 is 7.78. The van der Waals surface area contributed by atoms with Gasteiger partial charge >= 0.3 is 0 Å². The summed E-state index contributed by atoms with van der Waals surface area (Å²) in [4.78, 5) is 31.4. The second kappa shape index (κ2) is 8.81. The molecule has 0 saturated carbocycles. The van der Waals surface area contributed by atoms with Gasteiger partial charge in [-0.25, -0.2) is 0 Å². The molecular formula is C21H23ClN4O3S. The Morgan fingerprint density at radius 2 is 2.17 bits per heavy atom. The molecule has 2 atom stereocenters. The normalized spacial score (nSPS) is 20.8. The van der Waals surface area contributed by atoms with Gasteiger partial charge in [0.2, 0.25) is 5.91 Å². The van der Waals surface area contributed by atoms with Gasteiger partial charge in [-0.3, -0.25) is 14.5 Å². The van der Waals surface area contributed by atoms with Gasteiger partial charge in [-0.05, 0) is 37.0 Å². The van der Waals surface area contributed by atoms with E-state index in [2.05, 4.69) is 15.5 Å². The van der Waals surface area contributed by atoms with Gasteiger partial charge in [0.15, 0.2) is 5.82 Å². The Kier molecular flexibility index (Phi) is 6.15. The molecule has 3 heterocycles. The van der Waals surface area contributed by atoms with Crippen molar-refractivity contribution in [2.75, 3.05) is 5.75 Å². The Balaban J connectivity index is 1.41. The Labute approximate surface area is 184 Å². The molecule has 1 unspecified atom stereocenters. The van der Waals surface area contributed by atoms with E-state index in [1.807, 2.05) is 32.0 Å². The van der Waals surface area contributed by atoms with Crippen molar-refractivity contribution in [3.63, 3.8) is 0 Å². The summed E-state index contributed by atoms with van der Waals surface area (Å²) in [5, 5.41) is 7.37. The molecular weight excluding hydrogens is 424 g/mol. The van der Waals surface area contributed by atoms with E-state index in [9.17, 15) is 9.59 Å². The molecule has 2 aliphatic rings. The highest BCUT2D eigenvalue weighted by Crippen LogP contribution is 2.43. The lowest BCUT2D eigenvalue weighted by atomic mass is 10.0. The molecule has 1 N–H and O–H groups in total. The van der Waals surface area contributed by atoms with Gasteiger partial charge in [-0.1, -0.05) is 41.9 Å². The lowest BCUT2D eigenvalue weighted by Gasteiger charge is -2.49. The van der Waals surface area contributed by atoms with E-state index < -0.39 is 6.04 Å². The summed E-state index contributed by atoms with van der Waals surface area (Å²) in [5.41, 5.74) is 2.61. The van der Waals surface area contributed by atoms with Crippen LogP contribution in [-0.4, -0.2) is 44.0 Å². The molecule has 0 radical (unpaired) electrons. The largest absolute Gasteiger partial charge is 0.342 e. The molecule has 0 aliphatic carbocycles. The van der Waals surface area contributed by atoms with Crippen LogP contribution in [0.5, 0.6) is 0 Å². The highest BCUT2D eigenvalue weighted by atomic mass is 35.5. The van der Waals surface area contributed by atoms with Crippen molar-refractivity contribution in [3.8, 4) is 0 Å². The Morgan fingerprint density at radius 1 is 1.37 bits per heavy atom. The van der Waals surface area contributed by atoms with Crippen molar-refractivity contribution >= 4 is 40.9 Å². The maximum absolute atomic E-state index is 12.9. The van der Waals surface area contributed by atoms with Crippen molar-refractivity contribution in [1.29, 1.82) is 0 Å². The third kappa shape index (κ3) is 3.98. The van der Waals surface area contributed by atoms with Gasteiger partial charge in [0.05, 0.1) is 0 Å². The second-order valence-corrected chi connectivity index (χ2v) is 8.95. The van der Waals surface area contributed by atoms with E-state index in [0.29, 0.717) is 28.9 Å². The first kappa shape index (κ1) is 20.9. The first-order valence-electron chi connectivity index (χ1n) is 9.99. The van der Waals surface area contributed by atoms with Gasteiger partial charge in [0, 0.05) is 23.6 Å². The maximum atomic E-state index is 12.9. The van der Waals surface area contributed by atoms with Crippen molar-refractivity contribution in [3.05, 3.63) is 52.1 Å². The molecule has 30 heavy (non-hydrogen) atoms. The number of fused-ring (bicyclic) bond motifs is 1. The standard InChI is InChI=1S/C21H23ClN4O3S/c1-3-6-15-23-19(29-25-15)18-12(2)11-30-21-17(20(28)26(18)21)24-16(27)10-9-13-7-4-5-8-14(13)22/h4-5,7-8,17,21H,3,6,9-11H2,1-2H3,(H,24,27)/t17-,21?/m1/s1. The molecule has 1 aromatic heterocycles. The van der Waals surface area contributed by atoms with Crippen molar-refractivity contribution in [2.45, 2.75) is 50.9 Å². The number of aryl methyl sites for hydroxylation is 2. The molecule has 4 rings (SSSR count). The average Bonchev–Trinajstić information content (AvgIpc) is 3.19. The highest BCUT2D eigenvalue weighted by Gasteiger charge is 2.53. The topological polar surface area (TPSA) is 88.3 Å². The number of carbonyl (C=O) groups excluding carboxylic acids is 2. The monoisotopic (exact) mass is 446 g/mol. The molecule has 1 saturated heterocycles. The zero-order valence-corrected chi connectivity index (χ0v) is 18.4. The van der Waals surface area contributed by atoms with Crippen molar-refractivity contribution in [2.24, 2.45) is 0 Å². The van der Waals surface area contributed by atoms with Crippen LogP contribution < -0.4 is 5.32 Å². The van der Waals surface area contributed by atoms with Crippen LogP contribution >= 0.6 is 23.4 Å². The molecule has 2 aromatic rings. The fraction of sp³-hybridized carbons (Fsp3) is 0.429. The number of nitrogens with one attached hydrogen (secondary N) is 1. The minimum Gasteiger partial charge on any atom is -0.342 e. The van der Waals surface area contributed by atoms with Crippen molar-refractivity contribution < 1.29 is 14.1 Å². The molecule has 1 aromatic carbocycles. The highest BCUT2D eigenvalue weighted by molar-refractivity contribution is 8.00. The number of rotatable bonds is 7. The van der Waals surface area contributed by atoms with Gasteiger partial charge in [0.1, 0.15) is 17.1 Å². The molecule has 0 bridgehead atoms. The Morgan fingerprint density at radius 3 is 2.93 bits per heavy atom. The van der Waals surface area contributed by atoms with Gasteiger partial charge < -0.3 is 9.84 Å². The number of β-lactam (4-membered cyclic amide) rings is 1. The number of aromatic nitrogens is 2. The van der Waals surface area contributed by atoms with E-state index >= 15 is 0 Å². The number of nitrogens with zero attached hydrogens (tertiary/aromatic N) is 3. The predicted molar refractivity (Wildman–Crippen MR) is 116 cm³/mol. The number of hydrogen-bond donors (Lipinski definition) is 1. The predicted octanol–water partition coefficient (Wildman–Crippen LogP) is 3.44. The summed E-state index contributed by atoms with van der Waals surface area (Å²) in [6, 6.07) is 6.91. The van der Waals surface area contributed by atoms with Crippen LogP contribution in [0.25, 0.3) is 5.70 Å². The SMILES string of the molecule is CCCc1noc(C2=C(C)CSC3[C@H](NC(=O)CCc4ccccc4Cl)C(=O)N23)n1. The number of carbonyl (C=O) groups is 2. The minimum absolute atomic E-state index is 0.150. The third-order valence-electron chi connectivity index (χ3n) is 5.20. The average molecular weight is 447 g/mol. The third-order valence-corrected chi connectivity index (χ3v) is 6.99. The number of thioether (sulfide) groups is 1. The molecule has 7 nitrogen and oxygen atoms in total. The molecule has 2 aliphatic heterocycles. The zero-order valence-electron chi connectivity index (χ0n) is 16.9.